The summed E-state index contributed by atoms with van der Waals surface area (Å²) in [5, 5.41) is 3.04. The second-order valence-electron chi connectivity index (χ2n) is 3.57. The number of fused-ring (bicyclic) bond motifs is 1. The van der Waals surface area contributed by atoms with Crippen molar-refractivity contribution < 1.29 is 4.39 Å². The van der Waals surface area contributed by atoms with Gasteiger partial charge in [0.15, 0.2) is 5.82 Å². The first-order chi connectivity index (χ1) is 8.25. The molecular weight excluding hydrogens is 237 g/mol. The van der Waals surface area contributed by atoms with E-state index in [-0.39, 0.29) is 11.6 Å². The molecule has 0 spiro atoms. The molecule has 0 aliphatic rings. The quantitative estimate of drug-likeness (QED) is 0.716. The fourth-order valence-corrected chi connectivity index (χ4v) is 2.66. The highest BCUT2D eigenvalue weighted by Gasteiger charge is 2.12. The highest BCUT2D eigenvalue weighted by atomic mass is 32.1. The molecule has 3 rings (SSSR count). The van der Waals surface area contributed by atoms with Crippen molar-refractivity contribution in [2.45, 2.75) is 0 Å². The molecule has 5 heteroatoms. The van der Waals surface area contributed by atoms with E-state index in [9.17, 15) is 4.39 Å². The first kappa shape index (κ1) is 10.2. The van der Waals surface area contributed by atoms with Gasteiger partial charge in [-0.25, -0.2) is 14.4 Å². The molecule has 2 heterocycles. The number of nitrogens with two attached hydrogens (primary N) is 1. The standard InChI is InChI=1S/C12H8FN3S/c13-9-6-15-12(14)16-10(9)8-3-1-2-7-4-5-17-11(7)8/h1-6H,(H2,14,15,16). The van der Waals surface area contributed by atoms with Gasteiger partial charge in [0.1, 0.15) is 5.69 Å². The minimum atomic E-state index is -0.458. The van der Waals surface area contributed by atoms with Crippen LogP contribution >= 0.6 is 11.3 Å². The van der Waals surface area contributed by atoms with E-state index < -0.39 is 5.82 Å². The van der Waals surface area contributed by atoms with Crippen LogP contribution in [0.5, 0.6) is 0 Å². The van der Waals surface area contributed by atoms with E-state index >= 15 is 0 Å². The lowest BCUT2D eigenvalue weighted by atomic mass is 10.1. The van der Waals surface area contributed by atoms with E-state index in [0.29, 0.717) is 0 Å². The van der Waals surface area contributed by atoms with E-state index in [0.717, 1.165) is 21.8 Å². The SMILES string of the molecule is Nc1ncc(F)c(-c2cccc3ccsc23)n1. The van der Waals surface area contributed by atoms with Crippen molar-refractivity contribution >= 4 is 27.4 Å². The largest absolute Gasteiger partial charge is 0.368 e. The van der Waals surface area contributed by atoms with Gasteiger partial charge in [-0.1, -0.05) is 18.2 Å². The second kappa shape index (κ2) is 3.78. The molecule has 3 aromatic rings. The van der Waals surface area contributed by atoms with Gasteiger partial charge in [-0.05, 0) is 16.8 Å². The van der Waals surface area contributed by atoms with Crippen molar-refractivity contribution in [2.24, 2.45) is 0 Å². The van der Waals surface area contributed by atoms with Gasteiger partial charge in [-0.15, -0.1) is 11.3 Å². The fourth-order valence-electron chi connectivity index (χ4n) is 1.75. The van der Waals surface area contributed by atoms with Gasteiger partial charge in [0.05, 0.1) is 6.20 Å². The molecule has 0 radical (unpaired) electrons. The van der Waals surface area contributed by atoms with Gasteiger partial charge in [-0.2, -0.15) is 0 Å². The summed E-state index contributed by atoms with van der Waals surface area (Å²) < 4.78 is 14.7. The predicted octanol–water partition coefficient (Wildman–Crippen LogP) is 3.08. The van der Waals surface area contributed by atoms with E-state index in [1.807, 2.05) is 29.6 Å². The maximum Gasteiger partial charge on any atom is 0.220 e. The number of nitrogens with zero attached hydrogens (tertiary/aromatic N) is 2. The van der Waals surface area contributed by atoms with Gasteiger partial charge >= 0.3 is 0 Å². The van der Waals surface area contributed by atoms with E-state index in [4.69, 9.17) is 5.73 Å². The number of rotatable bonds is 1. The van der Waals surface area contributed by atoms with Crippen LogP contribution in [0.25, 0.3) is 21.3 Å². The Hall–Kier alpha value is -2.01. The molecule has 0 atom stereocenters. The number of anilines is 1. The average molecular weight is 245 g/mol. The van der Waals surface area contributed by atoms with Crippen LogP contribution in [0.3, 0.4) is 0 Å². The summed E-state index contributed by atoms with van der Waals surface area (Å²) in [5.74, 6) is -0.380. The number of nitrogen functional groups attached to an aromatic ring is 1. The Morgan fingerprint density at radius 1 is 1.24 bits per heavy atom. The summed E-state index contributed by atoms with van der Waals surface area (Å²) in [5.41, 5.74) is 6.51. The van der Waals surface area contributed by atoms with E-state index in [2.05, 4.69) is 9.97 Å². The normalized spacial score (nSPS) is 10.9. The fraction of sp³-hybridized carbons (Fsp3) is 0. The van der Waals surface area contributed by atoms with Crippen molar-refractivity contribution in [3.63, 3.8) is 0 Å². The van der Waals surface area contributed by atoms with Crippen molar-refractivity contribution in [2.75, 3.05) is 5.73 Å². The lowest BCUT2D eigenvalue weighted by Gasteiger charge is -2.04. The summed E-state index contributed by atoms with van der Waals surface area (Å²) in [6.07, 6.45) is 1.10. The average Bonchev–Trinajstić information content (AvgIpc) is 2.80. The molecule has 84 valence electrons. The van der Waals surface area contributed by atoms with Gasteiger partial charge in [0.2, 0.25) is 5.95 Å². The van der Waals surface area contributed by atoms with E-state index in [1.165, 1.54) is 0 Å². The number of thiophene rings is 1. The molecule has 3 nitrogen and oxygen atoms in total. The van der Waals surface area contributed by atoms with Gasteiger partial charge in [0.25, 0.3) is 0 Å². The second-order valence-corrected chi connectivity index (χ2v) is 4.49. The molecule has 17 heavy (non-hydrogen) atoms. The Balaban J connectivity index is 2.34. The number of hydrogen-bond acceptors (Lipinski definition) is 4. The topological polar surface area (TPSA) is 51.8 Å². The summed E-state index contributed by atoms with van der Waals surface area (Å²) in [6, 6.07) is 7.69. The Morgan fingerprint density at radius 2 is 2.12 bits per heavy atom. The molecule has 2 N–H and O–H groups in total. The van der Waals surface area contributed by atoms with Crippen LogP contribution < -0.4 is 5.73 Å². The number of aromatic nitrogens is 2. The van der Waals surface area contributed by atoms with Crippen LogP contribution in [0.15, 0.2) is 35.8 Å². The van der Waals surface area contributed by atoms with Crippen LogP contribution in [0.1, 0.15) is 0 Å². The highest BCUT2D eigenvalue weighted by Crippen LogP contribution is 2.32. The van der Waals surface area contributed by atoms with Crippen molar-refractivity contribution in [3.05, 3.63) is 41.7 Å². The maximum absolute atomic E-state index is 13.7. The lowest BCUT2D eigenvalue weighted by molar-refractivity contribution is 0.619. The Morgan fingerprint density at radius 3 is 3.00 bits per heavy atom. The monoisotopic (exact) mass is 245 g/mol. The molecule has 0 bridgehead atoms. The van der Waals surface area contributed by atoms with E-state index in [1.54, 1.807) is 11.3 Å². The highest BCUT2D eigenvalue weighted by molar-refractivity contribution is 7.17. The van der Waals surface area contributed by atoms with Crippen LogP contribution in [0.4, 0.5) is 10.3 Å². The van der Waals surface area contributed by atoms with Crippen LogP contribution in [0.2, 0.25) is 0 Å². The molecule has 0 amide bonds. The first-order valence-corrected chi connectivity index (χ1v) is 5.88. The van der Waals surface area contributed by atoms with Gasteiger partial charge in [-0.3, -0.25) is 0 Å². The van der Waals surface area contributed by atoms with Crippen LogP contribution in [0, 0.1) is 5.82 Å². The molecule has 0 saturated heterocycles. The minimum absolute atomic E-state index is 0.0787. The van der Waals surface area contributed by atoms with Gasteiger partial charge < -0.3 is 5.73 Å². The zero-order valence-corrected chi connectivity index (χ0v) is 9.54. The smallest absolute Gasteiger partial charge is 0.220 e. The first-order valence-electron chi connectivity index (χ1n) is 5.00. The summed E-state index contributed by atoms with van der Waals surface area (Å²) in [7, 11) is 0. The summed E-state index contributed by atoms with van der Waals surface area (Å²) in [4.78, 5) is 7.60. The third kappa shape index (κ3) is 1.64. The van der Waals surface area contributed by atoms with Crippen molar-refractivity contribution in [1.82, 2.24) is 9.97 Å². The minimum Gasteiger partial charge on any atom is -0.368 e. The number of benzene rings is 1. The molecule has 2 aromatic heterocycles. The third-order valence-corrected chi connectivity index (χ3v) is 3.46. The molecule has 0 aliphatic heterocycles. The zero-order valence-electron chi connectivity index (χ0n) is 8.72. The van der Waals surface area contributed by atoms with Crippen LogP contribution in [-0.2, 0) is 0 Å². The summed E-state index contributed by atoms with van der Waals surface area (Å²) >= 11 is 1.56. The third-order valence-electron chi connectivity index (χ3n) is 2.50. The molecule has 0 fully saturated rings. The van der Waals surface area contributed by atoms with Gasteiger partial charge in [0, 0.05) is 10.3 Å². The molecule has 1 aromatic carbocycles. The lowest BCUT2D eigenvalue weighted by Crippen LogP contribution is -1.98. The molecule has 0 aliphatic carbocycles. The Kier molecular flexibility index (Phi) is 2.26. The molecular formula is C12H8FN3S. The predicted molar refractivity (Wildman–Crippen MR) is 67.2 cm³/mol. The molecule has 0 saturated carbocycles. The number of halogens is 1. The Labute approximate surface area is 101 Å². The zero-order chi connectivity index (χ0) is 11.8. The van der Waals surface area contributed by atoms with Crippen molar-refractivity contribution in [3.8, 4) is 11.3 Å². The Bertz CT molecular complexity index is 693. The molecule has 0 unspecified atom stereocenters. The number of hydrogen-bond donors (Lipinski definition) is 1. The maximum atomic E-state index is 13.7. The van der Waals surface area contributed by atoms with Crippen molar-refractivity contribution in [1.29, 1.82) is 0 Å². The summed E-state index contributed by atoms with van der Waals surface area (Å²) in [6.45, 7) is 0. The van der Waals surface area contributed by atoms with Crippen LogP contribution in [-0.4, -0.2) is 9.97 Å².